The summed E-state index contributed by atoms with van der Waals surface area (Å²) in [5.41, 5.74) is -1.28. The SMILES string of the molecule is N/N=C\N1CCC(COc2cc(N(CCCCCC(=O)O)S(=O)(=O)c3ccccc3Cl)cc(C(F)(F)F)c2)CC1. The maximum absolute atomic E-state index is 13.9. The van der Waals surface area contributed by atoms with E-state index < -0.39 is 27.7 Å². The molecule has 0 saturated carbocycles. The van der Waals surface area contributed by atoms with Crippen LogP contribution < -0.4 is 14.9 Å². The van der Waals surface area contributed by atoms with Gasteiger partial charge in [0.15, 0.2) is 0 Å². The van der Waals surface area contributed by atoms with Gasteiger partial charge in [-0.3, -0.25) is 9.10 Å². The number of carboxylic acid groups (broad SMARTS) is 1. The Labute approximate surface area is 236 Å². The van der Waals surface area contributed by atoms with E-state index in [9.17, 15) is 26.4 Å². The van der Waals surface area contributed by atoms with Gasteiger partial charge in [0, 0.05) is 32.1 Å². The molecule has 1 fully saturated rings. The first-order chi connectivity index (χ1) is 18.9. The molecular formula is C26H32ClF3N4O5S. The third kappa shape index (κ3) is 8.65. The number of unbranched alkanes of at least 4 members (excludes halogenated alkanes) is 2. The lowest BCUT2D eigenvalue weighted by Crippen LogP contribution is -2.35. The second-order valence-corrected chi connectivity index (χ2v) is 11.7. The summed E-state index contributed by atoms with van der Waals surface area (Å²) in [5.74, 6) is 4.17. The number of alkyl halides is 3. The number of ether oxygens (including phenoxy) is 1. The summed E-state index contributed by atoms with van der Waals surface area (Å²) < 4.78 is 75.8. The lowest BCUT2D eigenvalue weighted by molar-refractivity contribution is -0.138. The van der Waals surface area contributed by atoms with Crippen molar-refractivity contribution < 1.29 is 36.2 Å². The zero-order chi connectivity index (χ0) is 29.3. The van der Waals surface area contributed by atoms with E-state index in [-0.39, 0.29) is 53.3 Å². The van der Waals surface area contributed by atoms with E-state index in [4.69, 9.17) is 27.3 Å². The molecular weight excluding hydrogens is 573 g/mol. The molecule has 2 aromatic rings. The number of aliphatic carboxylic acids is 1. The Bertz CT molecular complexity index is 1290. The molecule has 0 spiro atoms. The van der Waals surface area contributed by atoms with E-state index in [2.05, 4.69) is 5.10 Å². The Kier molecular flexibility index (Phi) is 10.9. The van der Waals surface area contributed by atoms with Crippen molar-refractivity contribution >= 4 is 39.6 Å². The monoisotopic (exact) mass is 604 g/mol. The molecule has 1 aliphatic heterocycles. The topological polar surface area (TPSA) is 126 Å². The van der Waals surface area contributed by atoms with Crippen LogP contribution in [0.5, 0.6) is 5.75 Å². The van der Waals surface area contributed by atoms with Crippen molar-refractivity contribution in [2.24, 2.45) is 16.9 Å². The summed E-state index contributed by atoms with van der Waals surface area (Å²) in [6.07, 6.45) is -1.01. The first-order valence-corrected chi connectivity index (χ1v) is 14.5. The number of hydrogen-bond donors (Lipinski definition) is 2. The molecule has 2 aromatic carbocycles. The van der Waals surface area contributed by atoms with Crippen molar-refractivity contribution in [3.63, 3.8) is 0 Å². The fraction of sp³-hybridized carbons (Fsp3) is 0.462. The molecule has 14 heteroatoms. The van der Waals surface area contributed by atoms with Gasteiger partial charge >= 0.3 is 12.1 Å². The van der Waals surface area contributed by atoms with Crippen LogP contribution in [0.4, 0.5) is 18.9 Å². The van der Waals surface area contributed by atoms with E-state index in [1.54, 1.807) is 6.07 Å². The molecule has 0 aliphatic carbocycles. The standard InChI is InChI=1S/C26H32ClF3N4O5S/c27-23-6-3-4-7-24(23)40(37,38)34(11-5-1-2-8-25(35)36)21-14-20(26(28,29)30)15-22(16-21)39-17-19-9-12-33(13-10-19)18-32-31/h3-4,6-7,14-16,18-19H,1-2,5,8-13,17,31H2,(H,35,36)/b32-18-. The summed E-state index contributed by atoms with van der Waals surface area (Å²) >= 11 is 6.17. The number of sulfonamides is 1. The van der Waals surface area contributed by atoms with Crippen LogP contribution in [0.15, 0.2) is 52.5 Å². The third-order valence-electron chi connectivity index (χ3n) is 6.53. The molecule has 3 N–H and O–H groups in total. The van der Waals surface area contributed by atoms with E-state index in [0.29, 0.717) is 25.9 Å². The van der Waals surface area contributed by atoms with Crippen LogP contribution in [-0.4, -0.2) is 57.0 Å². The highest BCUT2D eigenvalue weighted by molar-refractivity contribution is 7.93. The molecule has 1 heterocycles. The van der Waals surface area contributed by atoms with Crippen molar-refractivity contribution in [2.45, 2.75) is 49.6 Å². The van der Waals surface area contributed by atoms with Gasteiger partial charge in [-0.2, -0.15) is 18.3 Å². The average Bonchev–Trinajstić information content (AvgIpc) is 2.89. The van der Waals surface area contributed by atoms with Crippen LogP contribution >= 0.6 is 11.6 Å². The number of anilines is 1. The van der Waals surface area contributed by atoms with Gasteiger partial charge in [-0.25, -0.2) is 8.42 Å². The number of carboxylic acids is 1. The molecule has 0 atom stereocenters. The molecule has 40 heavy (non-hydrogen) atoms. The number of hydrogen-bond acceptors (Lipinski definition) is 6. The summed E-state index contributed by atoms with van der Waals surface area (Å²) in [6.45, 7) is 1.32. The molecule has 0 aromatic heterocycles. The van der Waals surface area contributed by atoms with E-state index in [1.807, 2.05) is 4.90 Å². The van der Waals surface area contributed by atoms with Gasteiger partial charge in [-0.05, 0) is 55.9 Å². The fourth-order valence-electron chi connectivity index (χ4n) is 4.39. The molecule has 220 valence electrons. The van der Waals surface area contributed by atoms with E-state index in [0.717, 1.165) is 29.3 Å². The quantitative estimate of drug-likeness (QED) is 0.106. The van der Waals surface area contributed by atoms with Crippen molar-refractivity contribution in [3.8, 4) is 5.75 Å². The number of benzene rings is 2. The lowest BCUT2D eigenvalue weighted by atomic mass is 9.98. The molecule has 3 rings (SSSR count). The zero-order valence-electron chi connectivity index (χ0n) is 21.7. The van der Waals surface area contributed by atoms with Gasteiger partial charge in [0.2, 0.25) is 0 Å². The van der Waals surface area contributed by atoms with Crippen LogP contribution in [0.1, 0.15) is 44.1 Å². The number of rotatable bonds is 13. The number of halogens is 4. The molecule has 1 saturated heterocycles. The summed E-state index contributed by atoms with van der Waals surface area (Å²) in [7, 11) is -4.38. The molecule has 0 bridgehead atoms. The Hall–Kier alpha value is -3.19. The molecule has 9 nitrogen and oxygen atoms in total. The first kappa shape index (κ1) is 31.3. The third-order valence-corrected chi connectivity index (χ3v) is 8.86. The number of hydrazone groups is 1. The maximum atomic E-state index is 13.9. The Morgan fingerprint density at radius 3 is 2.50 bits per heavy atom. The zero-order valence-corrected chi connectivity index (χ0v) is 23.3. The summed E-state index contributed by atoms with van der Waals surface area (Å²) in [5, 5.41) is 12.3. The fourth-order valence-corrected chi connectivity index (χ4v) is 6.37. The van der Waals surface area contributed by atoms with Crippen molar-refractivity contribution in [3.05, 3.63) is 53.1 Å². The minimum Gasteiger partial charge on any atom is -0.493 e. The number of piperidine rings is 1. The van der Waals surface area contributed by atoms with Crippen LogP contribution in [0.3, 0.4) is 0 Å². The van der Waals surface area contributed by atoms with Gasteiger partial charge in [-0.15, -0.1) is 0 Å². The van der Waals surface area contributed by atoms with Gasteiger partial charge in [0.25, 0.3) is 10.0 Å². The molecule has 0 unspecified atom stereocenters. The Balaban J connectivity index is 1.91. The van der Waals surface area contributed by atoms with Crippen LogP contribution in [-0.2, 0) is 21.0 Å². The van der Waals surface area contributed by atoms with Crippen LogP contribution in [0.2, 0.25) is 5.02 Å². The smallest absolute Gasteiger partial charge is 0.416 e. The normalized spacial score (nSPS) is 14.9. The predicted octanol–water partition coefficient (Wildman–Crippen LogP) is 5.19. The average molecular weight is 605 g/mol. The molecule has 0 amide bonds. The molecule has 1 aliphatic rings. The van der Waals surface area contributed by atoms with Gasteiger partial charge in [-0.1, -0.05) is 30.2 Å². The predicted molar refractivity (Wildman–Crippen MR) is 146 cm³/mol. The van der Waals surface area contributed by atoms with Crippen molar-refractivity contribution in [1.29, 1.82) is 0 Å². The highest BCUT2D eigenvalue weighted by atomic mass is 35.5. The van der Waals surface area contributed by atoms with Crippen LogP contribution in [0, 0.1) is 5.92 Å². The lowest BCUT2D eigenvalue weighted by Gasteiger charge is -2.30. The minimum atomic E-state index is -4.76. The number of carbonyl (C=O) groups is 1. The number of nitrogens with zero attached hydrogens (tertiary/aromatic N) is 3. The second-order valence-electron chi connectivity index (χ2n) is 9.48. The van der Waals surface area contributed by atoms with Crippen molar-refractivity contribution in [2.75, 3.05) is 30.5 Å². The Morgan fingerprint density at radius 2 is 1.88 bits per heavy atom. The van der Waals surface area contributed by atoms with Gasteiger partial charge < -0.3 is 20.6 Å². The molecule has 0 radical (unpaired) electrons. The first-order valence-electron chi connectivity index (χ1n) is 12.7. The van der Waals surface area contributed by atoms with E-state index in [1.165, 1.54) is 30.6 Å². The number of nitrogens with two attached hydrogens (primary N) is 1. The highest BCUT2D eigenvalue weighted by Crippen LogP contribution is 2.38. The van der Waals surface area contributed by atoms with Crippen molar-refractivity contribution in [1.82, 2.24) is 4.90 Å². The summed E-state index contributed by atoms with van der Waals surface area (Å²) in [4.78, 5) is 12.5. The second kappa shape index (κ2) is 13.9. The minimum absolute atomic E-state index is 0.0761. The maximum Gasteiger partial charge on any atom is 0.416 e. The van der Waals surface area contributed by atoms with Gasteiger partial charge in [0.1, 0.15) is 17.0 Å². The van der Waals surface area contributed by atoms with E-state index >= 15 is 0 Å². The number of likely N-dealkylation sites (tertiary alicyclic amines) is 1. The largest absolute Gasteiger partial charge is 0.493 e. The van der Waals surface area contributed by atoms with Gasteiger partial charge in [0.05, 0.1) is 22.9 Å². The van der Waals surface area contributed by atoms with Crippen LogP contribution in [0.25, 0.3) is 0 Å². The Morgan fingerprint density at radius 1 is 1.18 bits per heavy atom. The highest BCUT2D eigenvalue weighted by Gasteiger charge is 2.34. The summed E-state index contributed by atoms with van der Waals surface area (Å²) in [6, 6.07) is 8.57.